The number of nitrogens with zero attached hydrogens (tertiary/aromatic N) is 1. The summed E-state index contributed by atoms with van der Waals surface area (Å²) in [4.78, 5) is 4.06. The third kappa shape index (κ3) is 3.86. The van der Waals surface area contributed by atoms with Gasteiger partial charge in [0.2, 0.25) is 0 Å². The zero-order valence-electron chi connectivity index (χ0n) is 10.2. The first kappa shape index (κ1) is 12.6. The second-order valence-electron chi connectivity index (χ2n) is 4.08. The topological polar surface area (TPSA) is 42.4 Å². The SMILES string of the molecule is OCc1ccc(OCCCc2ccccc2)cn1. The molecule has 1 aromatic heterocycles. The Hall–Kier alpha value is -1.87. The molecule has 0 atom stereocenters. The van der Waals surface area contributed by atoms with Gasteiger partial charge in [-0.05, 0) is 30.5 Å². The fourth-order valence-electron chi connectivity index (χ4n) is 1.70. The number of aliphatic hydroxyl groups excluding tert-OH is 1. The fourth-order valence-corrected chi connectivity index (χ4v) is 1.70. The molecule has 1 heterocycles. The Balaban J connectivity index is 1.72. The molecular formula is C15H17NO2. The number of aromatic nitrogens is 1. The van der Waals surface area contributed by atoms with E-state index in [0.29, 0.717) is 12.3 Å². The second-order valence-corrected chi connectivity index (χ2v) is 4.08. The van der Waals surface area contributed by atoms with Crippen molar-refractivity contribution in [1.29, 1.82) is 0 Å². The summed E-state index contributed by atoms with van der Waals surface area (Å²) in [6.45, 7) is 0.642. The Kier molecular flexibility index (Phi) is 4.73. The molecule has 0 fully saturated rings. The predicted octanol–water partition coefficient (Wildman–Crippen LogP) is 2.59. The largest absolute Gasteiger partial charge is 0.492 e. The average Bonchev–Trinajstić information content (AvgIpc) is 2.45. The summed E-state index contributed by atoms with van der Waals surface area (Å²) in [5.41, 5.74) is 1.99. The third-order valence-corrected chi connectivity index (χ3v) is 2.68. The highest BCUT2D eigenvalue weighted by Crippen LogP contribution is 2.10. The van der Waals surface area contributed by atoms with Crippen LogP contribution in [-0.4, -0.2) is 16.7 Å². The number of aliphatic hydroxyl groups is 1. The van der Waals surface area contributed by atoms with Crippen molar-refractivity contribution in [1.82, 2.24) is 4.98 Å². The maximum Gasteiger partial charge on any atom is 0.137 e. The molecule has 3 heteroatoms. The molecule has 3 nitrogen and oxygen atoms in total. The van der Waals surface area contributed by atoms with E-state index in [4.69, 9.17) is 9.84 Å². The van der Waals surface area contributed by atoms with Gasteiger partial charge in [0.1, 0.15) is 5.75 Å². The van der Waals surface area contributed by atoms with Gasteiger partial charge in [-0.3, -0.25) is 4.98 Å². The summed E-state index contributed by atoms with van der Waals surface area (Å²) >= 11 is 0. The van der Waals surface area contributed by atoms with Crippen LogP contribution in [0.25, 0.3) is 0 Å². The van der Waals surface area contributed by atoms with E-state index < -0.39 is 0 Å². The number of ether oxygens (including phenoxy) is 1. The highest BCUT2D eigenvalue weighted by molar-refractivity contribution is 5.19. The summed E-state index contributed by atoms with van der Waals surface area (Å²) in [5.74, 6) is 0.750. The molecule has 0 radical (unpaired) electrons. The van der Waals surface area contributed by atoms with Crippen LogP contribution in [-0.2, 0) is 13.0 Å². The standard InChI is InChI=1S/C15H17NO2/c17-12-14-8-9-15(11-16-14)18-10-4-7-13-5-2-1-3-6-13/h1-3,5-6,8-9,11,17H,4,7,10,12H2. The van der Waals surface area contributed by atoms with E-state index in [0.717, 1.165) is 18.6 Å². The minimum Gasteiger partial charge on any atom is -0.492 e. The van der Waals surface area contributed by atoms with Crippen molar-refractivity contribution >= 4 is 0 Å². The van der Waals surface area contributed by atoms with Gasteiger partial charge in [0.25, 0.3) is 0 Å². The van der Waals surface area contributed by atoms with Crippen molar-refractivity contribution in [2.24, 2.45) is 0 Å². The van der Waals surface area contributed by atoms with E-state index in [2.05, 4.69) is 17.1 Å². The van der Waals surface area contributed by atoms with Crippen LogP contribution in [0, 0.1) is 0 Å². The van der Waals surface area contributed by atoms with Crippen molar-refractivity contribution in [2.75, 3.05) is 6.61 Å². The number of benzene rings is 1. The third-order valence-electron chi connectivity index (χ3n) is 2.68. The molecule has 0 aliphatic heterocycles. The van der Waals surface area contributed by atoms with Crippen LogP contribution in [0.4, 0.5) is 0 Å². The summed E-state index contributed by atoms with van der Waals surface area (Å²) in [5, 5.41) is 8.87. The molecule has 2 aromatic rings. The number of rotatable bonds is 6. The molecule has 0 aliphatic rings. The fraction of sp³-hybridized carbons (Fsp3) is 0.267. The van der Waals surface area contributed by atoms with Gasteiger partial charge >= 0.3 is 0 Å². The molecular weight excluding hydrogens is 226 g/mol. The lowest BCUT2D eigenvalue weighted by atomic mass is 10.1. The first-order chi connectivity index (χ1) is 8.88. The molecule has 1 N–H and O–H groups in total. The van der Waals surface area contributed by atoms with Gasteiger partial charge in [-0.25, -0.2) is 0 Å². The summed E-state index contributed by atoms with van der Waals surface area (Å²) < 4.78 is 5.58. The Morgan fingerprint density at radius 2 is 1.89 bits per heavy atom. The smallest absolute Gasteiger partial charge is 0.137 e. The van der Waals surface area contributed by atoms with Gasteiger partial charge in [0, 0.05) is 0 Å². The van der Waals surface area contributed by atoms with E-state index in [9.17, 15) is 0 Å². The van der Waals surface area contributed by atoms with Crippen LogP contribution in [0.1, 0.15) is 17.7 Å². The summed E-state index contributed by atoms with van der Waals surface area (Å²) in [6, 6.07) is 14.0. The molecule has 2 rings (SSSR count). The Bertz CT molecular complexity index is 454. The number of hydrogen-bond acceptors (Lipinski definition) is 3. The van der Waals surface area contributed by atoms with Crippen molar-refractivity contribution < 1.29 is 9.84 Å². The van der Waals surface area contributed by atoms with Crippen molar-refractivity contribution in [3.05, 3.63) is 59.9 Å². The van der Waals surface area contributed by atoms with Gasteiger partial charge in [-0.1, -0.05) is 30.3 Å². The summed E-state index contributed by atoms with van der Waals surface area (Å²) in [6.07, 6.45) is 3.64. The van der Waals surface area contributed by atoms with E-state index in [1.807, 2.05) is 24.3 Å². The van der Waals surface area contributed by atoms with Gasteiger partial charge in [-0.15, -0.1) is 0 Å². The van der Waals surface area contributed by atoms with Crippen LogP contribution in [0.5, 0.6) is 5.75 Å². The van der Waals surface area contributed by atoms with Crippen molar-refractivity contribution in [3.8, 4) is 5.75 Å². The summed E-state index contributed by atoms with van der Waals surface area (Å²) in [7, 11) is 0. The molecule has 0 saturated heterocycles. The Labute approximate surface area is 107 Å². The molecule has 0 unspecified atom stereocenters. The van der Waals surface area contributed by atoms with Gasteiger partial charge in [-0.2, -0.15) is 0 Å². The molecule has 0 amide bonds. The monoisotopic (exact) mass is 243 g/mol. The van der Waals surface area contributed by atoms with E-state index in [1.165, 1.54) is 5.56 Å². The van der Waals surface area contributed by atoms with Crippen LogP contribution in [0.15, 0.2) is 48.7 Å². The molecule has 1 aromatic carbocycles. The van der Waals surface area contributed by atoms with Crippen LogP contribution in [0.3, 0.4) is 0 Å². The van der Waals surface area contributed by atoms with Crippen molar-refractivity contribution in [3.63, 3.8) is 0 Å². The van der Waals surface area contributed by atoms with E-state index >= 15 is 0 Å². The van der Waals surface area contributed by atoms with E-state index in [-0.39, 0.29) is 6.61 Å². The van der Waals surface area contributed by atoms with Crippen LogP contribution in [0.2, 0.25) is 0 Å². The molecule has 18 heavy (non-hydrogen) atoms. The maximum absolute atomic E-state index is 8.87. The lowest BCUT2D eigenvalue weighted by Crippen LogP contribution is -2.00. The van der Waals surface area contributed by atoms with Gasteiger partial charge in [0.15, 0.2) is 0 Å². The van der Waals surface area contributed by atoms with E-state index in [1.54, 1.807) is 12.3 Å². The molecule has 0 aliphatic carbocycles. The normalized spacial score (nSPS) is 10.3. The number of pyridine rings is 1. The minimum atomic E-state index is -0.0334. The minimum absolute atomic E-state index is 0.0334. The first-order valence-corrected chi connectivity index (χ1v) is 6.11. The molecule has 0 saturated carbocycles. The lowest BCUT2D eigenvalue weighted by molar-refractivity contribution is 0.275. The zero-order chi connectivity index (χ0) is 12.6. The lowest BCUT2D eigenvalue weighted by Gasteiger charge is -2.06. The van der Waals surface area contributed by atoms with Crippen molar-refractivity contribution in [2.45, 2.75) is 19.4 Å². The number of hydrogen-bond donors (Lipinski definition) is 1. The van der Waals surface area contributed by atoms with Gasteiger partial charge in [0.05, 0.1) is 25.1 Å². The Morgan fingerprint density at radius 1 is 1.06 bits per heavy atom. The predicted molar refractivity (Wildman–Crippen MR) is 70.4 cm³/mol. The molecule has 0 spiro atoms. The number of aryl methyl sites for hydroxylation is 1. The average molecular weight is 243 g/mol. The quantitative estimate of drug-likeness (QED) is 0.793. The second kappa shape index (κ2) is 6.77. The maximum atomic E-state index is 8.87. The highest BCUT2D eigenvalue weighted by Gasteiger charge is 1.97. The van der Waals surface area contributed by atoms with Crippen LogP contribution >= 0.6 is 0 Å². The van der Waals surface area contributed by atoms with Gasteiger partial charge < -0.3 is 9.84 Å². The Morgan fingerprint density at radius 3 is 2.56 bits per heavy atom. The molecule has 94 valence electrons. The first-order valence-electron chi connectivity index (χ1n) is 6.11. The zero-order valence-corrected chi connectivity index (χ0v) is 10.2. The van der Waals surface area contributed by atoms with Crippen LogP contribution < -0.4 is 4.74 Å². The molecule has 0 bridgehead atoms. The highest BCUT2D eigenvalue weighted by atomic mass is 16.5.